The van der Waals surface area contributed by atoms with E-state index in [0.717, 1.165) is 17.2 Å². The SMILES string of the molecule is CC1=C(C(=O)Nc2ccccc2C(F)(F)F)C(c2ccc(C)cc2C)NC(=O)N1. The number of anilines is 1. The Morgan fingerprint density at radius 2 is 1.76 bits per heavy atom. The summed E-state index contributed by atoms with van der Waals surface area (Å²) in [5.74, 6) is -0.725. The first-order valence-corrected chi connectivity index (χ1v) is 8.91. The fourth-order valence-corrected chi connectivity index (χ4v) is 3.41. The van der Waals surface area contributed by atoms with Gasteiger partial charge in [-0.25, -0.2) is 4.79 Å². The second-order valence-electron chi connectivity index (χ2n) is 6.93. The second-order valence-corrected chi connectivity index (χ2v) is 6.93. The van der Waals surface area contributed by atoms with E-state index in [0.29, 0.717) is 5.56 Å². The third kappa shape index (κ3) is 4.26. The van der Waals surface area contributed by atoms with Gasteiger partial charge in [-0.15, -0.1) is 0 Å². The summed E-state index contributed by atoms with van der Waals surface area (Å²) in [5, 5.41) is 7.57. The maximum atomic E-state index is 13.3. The van der Waals surface area contributed by atoms with Crippen molar-refractivity contribution < 1.29 is 22.8 Å². The van der Waals surface area contributed by atoms with Gasteiger partial charge >= 0.3 is 12.2 Å². The molecule has 8 heteroatoms. The predicted molar refractivity (Wildman–Crippen MR) is 103 cm³/mol. The minimum absolute atomic E-state index is 0.147. The van der Waals surface area contributed by atoms with E-state index in [1.165, 1.54) is 18.2 Å². The van der Waals surface area contributed by atoms with Crippen LogP contribution in [0, 0.1) is 13.8 Å². The maximum absolute atomic E-state index is 13.3. The first-order chi connectivity index (χ1) is 13.6. The van der Waals surface area contributed by atoms with Crippen molar-refractivity contribution in [2.75, 3.05) is 5.32 Å². The van der Waals surface area contributed by atoms with E-state index in [9.17, 15) is 22.8 Å². The molecule has 0 fully saturated rings. The van der Waals surface area contributed by atoms with Crippen LogP contribution in [0.25, 0.3) is 0 Å². The molecule has 152 valence electrons. The standard InChI is InChI=1S/C21H20F3N3O2/c1-11-8-9-14(12(2)10-11)18-17(13(3)25-20(29)27-18)19(28)26-16-7-5-4-6-15(16)21(22,23)24/h4-10,18H,1-3H3,(H,26,28)(H2,25,27,29). The highest BCUT2D eigenvalue weighted by Gasteiger charge is 2.36. The Labute approximate surface area is 166 Å². The fourth-order valence-electron chi connectivity index (χ4n) is 3.41. The van der Waals surface area contributed by atoms with Gasteiger partial charge in [-0.05, 0) is 44.0 Å². The van der Waals surface area contributed by atoms with Crippen molar-refractivity contribution in [1.29, 1.82) is 0 Å². The summed E-state index contributed by atoms with van der Waals surface area (Å²) >= 11 is 0. The molecule has 0 bridgehead atoms. The summed E-state index contributed by atoms with van der Waals surface area (Å²) in [5.41, 5.74) is 1.70. The number of hydrogen-bond acceptors (Lipinski definition) is 2. The Bertz CT molecular complexity index is 1010. The van der Waals surface area contributed by atoms with Crippen LogP contribution in [0.4, 0.5) is 23.7 Å². The molecule has 1 aliphatic heterocycles. The smallest absolute Gasteiger partial charge is 0.327 e. The first-order valence-electron chi connectivity index (χ1n) is 8.91. The number of amides is 3. The third-order valence-electron chi connectivity index (χ3n) is 4.73. The van der Waals surface area contributed by atoms with Crippen LogP contribution in [-0.2, 0) is 11.0 Å². The van der Waals surface area contributed by atoms with E-state index < -0.39 is 29.7 Å². The first kappa shape index (κ1) is 20.4. The predicted octanol–water partition coefficient (Wildman–Crippen LogP) is 4.59. The fraction of sp³-hybridized carbons (Fsp3) is 0.238. The highest BCUT2D eigenvalue weighted by molar-refractivity contribution is 6.07. The molecular weight excluding hydrogens is 383 g/mol. The topological polar surface area (TPSA) is 70.2 Å². The van der Waals surface area contributed by atoms with Crippen molar-refractivity contribution in [1.82, 2.24) is 10.6 Å². The second kappa shape index (κ2) is 7.62. The number of hydrogen-bond donors (Lipinski definition) is 3. The number of aryl methyl sites for hydroxylation is 2. The number of benzene rings is 2. The number of urea groups is 1. The molecule has 3 rings (SSSR count). The number of allylic oxidation sites excluding steroid dienone is 1. The molecular formula is C21H20F3N3O2. The van der Waals surface area contributed by atoms with Crippen LogP contribution in [-0.4, -0.2) is 11.9 Å². The van der Waals surface area contributed by atoms with Crippen LogP contribution in [0.3, 0.4) is 0 Å². The largest absolute Gasteiger partial charge is 0.418 e. The molecule has 1 atom stereocenters. The Morgan fingerprint density at radius 3 is 2.41 bits per heavy atom. The van der Waals surface area contributed by atoms with Gasteiger partial charge in [0.2, 0.25) is 0 Å². The van der Waals surface area contributed by atoms with Crippen LogP contribution < -0.4 is 16.0 Å². The van der Waals surface area contributed by atoms with Gasteiger partial charge in [-0.3, -0.25) is 4.79 Å². The van der Waals surface area contributed by atoms with Gasteiger partial charge in [0.05, 0.1) is 22.9 Å². The number of rotatable bonds is 3. The maximum Gasteiger partial charge on any atom is 0.418 e. The lowest BCUT2D eigenvalue weighted by atomic mass is 9.91. The Hall–Kier alpha value is -3.29. The van der Waals surface area contributed by atoms with Gasteiger partial charge in [0, 0.05) is 5.70 Å². The number of halogens is 3. The van der Waals surface area contributed by atoms with Gasteiger partial charge in [0.15, 0.2) is 0 Å². The van der Waals surface area contributed by atoms with Crippen LogP contribution >= 0.6 is 0 Å². The lowest BCUT2D eigenvalue weighted by Gasteiger charge is -2.30. The molecule has 1 unspecified atom stereocenters. The minimum Gasteiger partial charge on any atom is -0.327 e. The zero-order valence-electron chi connectivity index (χ0n) is 16.1. The van der Waals surface area contributed by atoms with Gasteiger partial charge in [0.25, 0.3) is 5.91 Å². The summed E-state index contributed by atoms with van der Waals surface area (Å²) in [4.78, 5) is 25.0. The molecule has 29 heavy (non-hydrogen) atoms. The van der Waals surface area contributed by atoms with Gasteiger partial charge in [-0.1, -0.05) is 35.9 Å². The van der Waals surface area contributed by atoms with Crippen molar-refractivity contribution in [3.8, 4) is 0 Å². The highest BCUT2D eigenvalue weighted by atomic mass is 19.4. The monoisotopic (exact) mass is 403 g/mol. The van der Waals surface area contributed by atoms with Crippen molar-refractivity contribution in [2.24, 2.45) is 0 Å². The summed E-state index contributed by atoms with van der Waals surface area (Å²) in [6.07, 6.45) is -4.61. The van der Waals surface area contributed by atoms with Crippen molar-refractivity contribution >= 4 is 17.6 Å². The average molecular weight is 403 g/mol. The normalized spacial score (nSPS) is 16.9. The van der Waals surface area contributed by atoms with Gasteiger partial charge in [0.1, 0.15) is 0 Å². The van der Waals surface area contributed by atoms with E-state index in [2.05, 4.69) is 16.0 Å². The van der Waals surface area contributed by atoms with Crippen LogP contribution in [0.1, 0.15) is 35.2 Å². The summed E-state index contributed by atoms with van der Waals surface area (Å²) < 4.78 is 39.8. The summed E-state index contributed by atoms with van der Waals surface area (Å²) in [7, 11) is 0. The Morgan fingerprint density at radius 1 is 1.07 bits per heavy atom. The molecule has 3 N–H and O–H groups in total. The van der Waals surface area contributed by atoms with E-state index in [4.69, 9.17) is 0 Å². The van der Waals surface area contributed by atoms with Gasteiger partial charge < -0.3 is 16.0 Å². The lowest BCUT2D eigenvalue weighted by Crippen LogP contribution is -2.46. The molecule has 5 nitrogen and oxygen atoms in total. The molecule has 0 saturated heterocycles. The molecule has 2 aromatic rings. The number of alkyl halides is 3. The lowest BCUT2D eigenvalue weighted by molar-refractivity contribution is -0.137. The molecule has 0 spiro atoms. The van der Waals surface area contributed by atoms with Crippen molar-refractivity contribution in [2.45, 2.75) is 33.0 Å². The molecule has 0 aromatic heterocycles. The van der Waals surface area contributed by atoms with E-state index in [-0.39, 0.29) is 17.0 Å². The molecule has 1 aliphatic rings. The molecule has 1 heterocycles. The quantitative estimate of drug-likeness (QED) is 0.702. The zero-order chi connectivity index (χ0) is 21.3. The van der Waals surface area contributed by atoms with E-state index >= 15 is 0 Å². The van der Waals surface area contributed by atoms with Crippen LogP contribution in [0.5, 0.6) is 0 Å². The molecule has 0 saturated carbocycles. The van der Waals surface area contributed by atoms with Crippen molar-refractivity contribution in [3.63, 3.8) is 0 Å². The minimum atomic E-state index is -4.61. The average Bonchev–Trinajstić information content (AvgIpc) is 2.60. The Kier molecular flexibility index (Phi) is 5.37. The van der Waals surface area contributed by atoms with Crippen molar-refractivity contribution in [3.05, 3.63) is 76.0 Å². The van der Waals surface area contributed by atoms with E-state index in [1.807, 2.05) is 26.0 Å². The molecule has 3 amide bonds. The number of carbonyl (C=O) groups excluding carboxylic acids is 2. The molecule has 2 aromatic carbocycles. The number of nitrogens with one attached hydrogen (secondary N) is 3. The number of carbonyl (C=O) groups is 2. The summed E-state index contributed by atoms with van der Waals surface area (Å²) in [6, 6.07) is 9.04. The number of para-hydroxylation sites is 1. The third-order valence-corrected chi connectivity index (χ3v) is 4.73. The summed E-state index contributed by atoms with van der Waals surface area (Å²) in [6.45, 7) is 5.31. The van der Waals surface area contributed by atoms with E-state index in [1.54, 1.807) is 13.0 Å². The Balaban J connectivity index is 2.01. The van der Waals surface area contributed by atoms with Crippen LogP contribution in [0.2, 0.25) is 0 Å². The highest BCUT2D eigenvalue weighted by Crippen LogP contribution is 2.36. The van der Waals surface area contributed by atoms with Gasteiger partial charge in [-0.2, -0.15) is 13.2 Å². The zero-order valence-corrected chi connectivity index (χ0v) is 16.1. The molecule has 0 radical (unpaired) electrons. The molecule has 0 aliphatic carbocycles. The van der Waals surface area contributed by atoms with Crippen LogP contribution in [0.15, 0.2) is 53.7 Å².